The van der Waals surface area contributed by atoms with Gasteiger partial charge in [0.2, 0.25) is 0 Å². The van der Waals surface area contributed by atoms with Gasteiger partial charge in [-0.3, -0.25) is 0 Å². The van der Waals surface area contributed by atoms with Crippen LogP contribution in [0.2, 0.25) is 0 Å². The highest BCUT2D eigenvalue weighted by atomic mass is 16.6. The second-order valence-corrected chi connectivity index (χ2v) is 5.88. The number of hydrogen-bond acceptors (Lipinski definition) is 6. The summed E-state index contributed by atoms with van der Waals surface area (Å²) in [4.78, 5) is 11.1. The summed E-state index contributed by atoms with van der Waals surface area (Å²) in [7, 11) is 0. The quantitative estimate of drug-likeness (QED) is 0.552. The lowest BCUT2D eigenvalue weighted by Crippen LogP contribution is -2.61. The van der Waals surface area contributed by atoms with Crippen LogP contribution in [0.1, 0.15) is 0 Å². The third-order valence-corrected chi connectivity index (χ3v) is 4.16. The molecule has 2 aromatic rings. The van der Waals surface area contributed by atoms with Gasteiger partial charge in [-0.2, -0.15) is 0 Å². The number of aliphatic hydroxyl groups is 3. The number of carbonyl (C=O) groups is 1. The number of carboxylic acid groups (broad SMARTS) is 1. The molecule has 1 saturated heterocycles. The van der Waals surface area contributed by atoms with Crippen molar-refractivity contribution >= 4 is 11.7 Å². The van der Waals surface area contributed by atoms with Crippen molar-refractivity contribution in [1.29, 1.82) is 0 Å². The van der Waals surface area contributed by atoms with E-state index in [2.05, 4.69) is 5.32 Å². The highest BCUT2D eigenvalue weighted by Crippen LogP contribution is 2.25. The molecule has 1 heterocycles. The monoisotopic (exact) mass is 345 g/mol. The number of hydrogen-bond donors (Lipinski definition) is 5. The van der Waals surface area contributed by atoms with Crippen molar-refractivity contribution in [3.63, 3.8) is 0 Å². The topological polar surface area (TPSA) is 119 Å². The van der Waals surface area contributed by atoms with Crippen molar-refractivity contribution < 1.29 is 30.0 Å². The van der Waals surface area contributed by atoms with E-state index in [0.29, 0.717) is 5.69 Å². The van der Waals surface area contributed by atoms with Crippen molar-refractivity contribution in [2.45, 2.75) is 30.6 Å². The predicted molar refractivity (Wildman–Crippen MR) is 89.8 cm³/mol. The molecule has 0 amide bonds. The number of anilines is 1. The maximum absolute atomic E-state index is 11.1. The van der Waals surface area contributed by atoms with E-state index in [1.54, 1.807) is 12.1 Å². The minimum absolute atomic E-state index is 0.580. The summed E-state index contributed by atoms with van der Waals surface area (Å²) < 4.78 is 5.19. The fourth-order valence-corrected chi connectivity index (χ4v) is 2.76. The summed E-state index contributed by atoms with van der Waals surface area (Å²) in [6, 6.07) is 17.0. The Kier molecular flexibility index (Phi) is 5.00. The Bertz CT molecular complexity index is 720. The third kappa shape index (κ3) is 3.64. The van der Waals surface area contributed by atoms with E-state index >= 15 is 0 Å². The maximum Gasteiger partial charge on any atom is 0.335 e. The first kappa shape index (κ1) is 17.4. The first-order valence-electron chi connectivity index (χ1n) is 7.82. The number of aliphatic hydroxyl groups excluding tert-OH is 3. The van der Waals surface area contributed by atoms with Crippen LogP contribution in [-0.2, 0) is 9.53 Å². The van der Waals surface area contributed by atoms with Crippen molar-refractivity contribution in [2.24, 2.45) is 0 Å². The molecule has 1 fully saturated rings. The number of aliphatic carboxylic acids is 1. The van der Waals surface area contributed by atoms with Gasteiger partial charge in [-0.15, -0.1) is 0 Å². The van der Waals surface area contributed by atoms with Crippen LogP contribution in [0, 0.1) is 0 Å². The molecular formula is C18H19NO6. The lowest BCUT2D eigenvalue weighted by molar-refractivity contribution is -0.221. The summed E-state index contributed by atoms with van der Waals surface area (Å²) in [6.07, 6.45) is -7.59. The second kappa shape index (κ2) is 7.20. The van der Waals surface area contributed by atoms with Crippen LogP contribution in [0.4, 0.5) is 5.69 Å². The first-order chi connectivity index (χ1) is 12.0. The molecule has 25 heavy (non-hydrogen) atoms. The van der Waals surface area contributed by atoms with Crippen molar-refractivity contribution in [3.8, 4) is 11.1 Å². The zero-order chi connectivity index (χ0) is 18.0. The van der Waals surface area contributed by atoms with Gasteiger partial charge < -0.3 is 30.5 Å². The average Bonchev–Trinajstić information content (AvgIpc) is 2.63. The molecule has 0 saturated carbocycles. The third-order valence-electron chi connectivity index (χ3n) is 4.16. The van der Waals surface area contributed by atoms with Crippen LogP contribution in [-0.4, -0.2) is 57.0 Å². The van der Waals surface area contributed by atoms with Crippen LogP contribution < -0.4 is 5.32 Å². The van der Waals surface area contributed by atoms with Crippen LogP contribution in [0.5, 0.6) is 0 Å². The molecule has 132 valence electrons. The van der Waals surface area contributed by atoms with Crippen molar-refractivity contribution in [2.75, 3.05) is 5.32 Å². The number of rotatable bonds is 4. The van der Waals surface area contributed by atoms with Gasteiger partial charge in [-0.05, 0) is 23.3 Å². The fourth-order valence-electron chi connectivity index (χ4n) is 2.76. The fraction of sp³-hybridized carbons (Fsp3) is 0.278. The van der Waals surface area contributed by atoms with Crippen LogP contribution in [0.25, 0.3) is 11.1 Å². The van der Waals surface area contributed by atoms with Crippen LogP contribution in [0.15, 0.2) is 54.6 Å². The average molecular weight is 345 g/mol. The molecule has 7 heteroatoms. The van der Waals surface area contributed by atoms with Gasteiger partial charge in [-0.1, -0.05) is 42.5 Å². The van der Waals surface area contributed by atoms with E-state index in [9.17, 15) is 20.1 Å². The van der Waals surface area contributed by atoms with E-state index in [-0.39, 0.29) is 0 Å². The van der Waals surface area contributed by atoms with E-state index in [0.717, 1.165) is 11.1 Å². The standard InChI is InChI=1S/C18H19NO6/c20-13-14(21)16(18(23)24)25-17(15(13)22)19-12-8-6-11(7-9-12)10-4-2-1-3-5-10/h1-9,13-17,19-22H,(H,23,24)/t13-,14-,15+,16-,17+/m0/s1. The predicted octanol–water partition coefficient (Wildman–Crippen LogP) is 0.658. The Balaban J connectivity index is 1.74. The van der Waals surface area contributed by atoms with Crippen LogP contribution >= 0.6 is 0 Å². The molecule has 0 spiro atoms. The molecule has 1 aliphatic rings. The Labute approximate surface area is 144 Å². The number of nitrogens with one attached hydrogen (secondary N) is 1. The lowest BCUT2D eigenvalue weighted by atomic mass is 9.98. The molecule has 0 aliphatic carbocycles. The van der Waals surface area contributed by atoms with Crippen molar-refractivity contribution in [3.05, 3.63) is 54.6 Å². The smallest absolute Gasteiger partial charge is 0.335 e. The highest BCUT2D eigenvalue weighted by molar-refractivity contribution is 5.73. The Morgan fingerprint density at radius 3 is 2.04 bits per heavy atom. The minimum Gasteiger partial charge on any atom is -0.479 e. The first-order valence-corrected chi connectivity index (χ1v) is 7.82. The number of ether oxygens (including phenoxy) is 1. The molecule has 5 N–H and O–H groups in total. The zero-order valence-electron chi connectivity index (χ0n) is 13.2. The molecule has 1 aliphatic heterocycles. The van der Waals surface area contributed by atoms with Gasteiger partial charge in [0.25, 0.3) is 0 Å². The summed E-state index contributed by atoms with van der Waals surface area (Å²) >= 11 is 0. The SMILES string of the molecule is O=C(O)[C@H]1O[C@@H](Nc2ccc(-c3ccccc3)cc2)[C@H](O)[C@@H](O)[C@@H]1O. The summed E-state index contributed by atoms with van der Waals surface area (Å²) in [5, 5.41) is 41.4. The van der Waals surface area contributed by atoms with E-state index in [1.165, 1.54) is 0 Å². The van der Waals surface area contributed by atoms with Crippen LogP contribution in [0.3, 0.4) is 0 Å². The molecule has 0 radical (unpaired) electrons. The maximum atomic E-state index is 11.1. The molecular weight excluding hydrogens is 326 g/mol. The number of carboxylic acids is 1. The van der Waals surface area contributed by atoms with Gasteiger partial charge in [0.15, 0.2) is 12.3 Å². The summed E-state index contributed by atoms with van der Waals surface area (Å²) in [5.74, 6) is -1.41. The zero-order valence-corrected chi connectivity index (χ0v) is 13.2. The van der Waals surface area contributed by atoms with E-state index in [4.69, 9.17) is 9.84 Å². The second-order valence-electron chi connectivity index (χ2n) is 5.88. The molecule has 7 nitrogen and oxygen atoms in total. The molecule has 0 bridgehead atoms. The Hall–Kier alpha value is -2.45. The normalized spacial score (nSPS) is 29.2. The minimum atomic E-state index is -1.70. The summed E-state index contributed by atoms with van der Waals surface area (Å²) in [5.41, 5.74) is 2.62. The largest absolute Gasteiger partial charge is 0.479 e. The van der Waals surface area contributed by atoms with Crippen molar-refractivity contribution in [1.82, 2.24) is 0 Å². The van der Waals surface area contributed by atoms with E-state index in [1.807, 2.05) is 42.5 Å². The van der Waals surface area contributed by atoms with Gasteiger partial charge in [0.1, 0.15) is 18.3 Å². The van der Waals surface area contributed by atoms with E-state index < -0.39 is 36.6 Å². The van der Waals surface area contributed by atoms with Gasteiger partial charge >= 0.3 is 5.97 Å². The Morgan fingerprint density at radius 2 is 1.44 bits per heavy atom. The molecule has 3 rings (SSSR count). The molecule has 5 atom stereocenters. The molecule has 2 aromatic carbocycles. The molecule has 0 unspecified atom stereocenters. The Morgan fingerprint density at radius 1 is 0.840 bits per heavy atom. The van der Waals surface area contributed by atoms with Gasteiger partial charge in [0, 0.05) is 5.69 Å². The summed E-state index contributed by atoms with van der Waals surface area (Å²) in [6.45, 7) is 0. The van der Waals surface area contributed by atoms with Gasteiger partial charge in [0.05, 0.1) is 0 Å². The highest BCUT2D eigenvalue weighted by Gasteiger charge is 2.46. The molecule has 0 aromatic heterocycles. The van der Waals surface area contributed by atoms with Gasteiger partial charge in [-0.25, -0.2) is 4.79 Å². The lowest BCUT2D eigenvalue weighted by Gasteiger charge is -2.39. The number of benzene rings is 2.